The van der Waals surface area contributed by atoms with Gasteiger partial charge in [-0.2, -0.15) is 0 Å². The van der Waals surface area contributed by atoms with E-state index in [0.717, 1.165) is 28.8 Å². The SMILES string of the molecule is Cc1oc(-c2ccccc2)nc1CCOc1ccc(CC(C)(C)C(=O)NS(C)(=O)=O)cc1. The van der Waals surface area contributed by atoms with Gasteiger partial charge in [-0.1, -0.05) is 44.2 Å². The highest BCUT2D eigenvalue weighted by Crippen LogP contribution is 2.25. The van der Waals surface area contributed by atoms with Gasteiger partial charge in [-0.05, 0) is 43.2 Å². The molecule has 0 atom stereocenters. The van der Waals surface area contributed by atoms with Crippen molar-refractivity contribution >= 4 is 15.9 Å². The van der Waals surface area contributed by atoms with Crippen molar-refractivity contribution in [2.24, 2.45) is 5.41 Å². The Morgan fingerprint density at radius 3 is 2.38 bits per heavy atom. The van der Waals surface area contributed by atoms with Crippen molar-refractivity contribution < 1.29 is 22.4 Å². The van der Waals surface area contributed by atoms with Crippen molar-refractivity contribution in [1.82, 2.24) is 9.71 Å². The molecule has 8 heteroatoms. The van der Waals surface area contributed by atoms with E-state index in [1.54, 1.807) is 13.8 Å². The Bertz CT molecular complexity index is 1170. The van der Waals surface area contributed by atoms with Crippen molar-refractivity contribution in [2.45, 2.75) is 33.6 Å². The summed E-state index contributed by atoms with van der Waals surface area (Å²) in [4.78, 5) is 16.8. The van der Waals surface area contributed by atoms with Crippen molar-refractivity contribution in [3.8, 4) is 17.2 Å². The van der Waals surface area contributed by atoms with Crippen LogP contribution in [0, 0.1) is 12.3 Å². The van der Waals surface area contributed by atoms with Crippen LogP contribution in [0.5, 0.6) is 5.75 Å². The van der Waals surface area contributed by atoms with E-state index in [0.29, 0.717) is 31.1 Å². The molecule has 32 heavy (non-hydrogen) atoms. The first-order chi connectivity index (χ1) is 15.0. The summed E-state index contributed by atoms with van der Waals surface area (Å²) >= 11 is 0. The Morgan fingerprint density at radius 2 is 1.75 bits per heavy atom. The quantitative estimate of drug-likeness (QED) is 0.524. The van der Waals surface area contributed by atoms with Crippen LogP contribution in [0.2, 0.25) is 0 Å². The number of amides is 1. The summed E-state index contributed by atoms with van der Waals surface area (Å²) in [5, 5.41) is 0. The zero-order chi connectivity index (χ0) is 23.4. The Hall–Kier alpha value is -3.13. The van der Waals surface area contributed by atoms with Gasteiger partial charge in [0.1, 0.15) is 11.5 Å². The molecule has 1 aromatic heterocycles. The van der Waals surface area contributed by atoms with Crippen LogP contribution in [0.4, 0.5) is 0 Å². The van der Waals surface area contributed by atoms with Gasteiger partial charge < -0.3 is 9.15 Å². The molecule has 0 saturated carbocycles. The molecule has 0 bridgehead atoms. The molecule has 7 nitrogen and oxygen atoms in total. The largest absolute Gasteiger partial charge is 0.493 e. The summed E-state index contributed by atoms with van der Waals surface area (Å²) in [5.41, 5.74) is 1.84. The maximum Gasteiger partial charge on any atom is 0.239 e. The highest BCUT2D eigenvalue weighted by atomic mass is 32.2. The Labute approximate surface area is 188 Å². The van der Waals surface area contributed by atoms with Crippen molar-refractivity contribution in [3.05, 3.63) is 71.6 Å². The third-order valence-corrected chi connectivity index (χ3v) is 5.54. The number of aryl methyl sites for hydroxylation is 1. The number of ether oxygens (including phenoxy) is 1. The molecule has 0 aliphatic carbocycles. The first-order valence-electron chi connectivity index (χ1n) is 10.3. The number of sulfonamides is 1. The number of carbonyl (C=O) groups is 1. The number of rotatable bonds is 9. The molecular formula is C24H28N2O5S. The van der Waals surface area contributed by atoms with E-state index in [-0.39, 0.29) is 0 Å². The van der Waals surface area contributed by atoms with Crippen LogP contribution in [0.3, 0.4) is 0 Å². The predicted octanol–water partition coefficient (Wildman–Crippen LogP) is 3.92. The summed E-state index contributed by atoms with van der Waals surface area (Å²) in [5.74, 6) is 1.55. The first-order valence-corrected chi connectivity index (χ1v) is 12.2. The molecular weight excluding hydrogens is 428 g/mol. The topological polar surface area (TPSA) is 98.5 Å². The summed E-state index contributed by atoms with van der Waals surface area (Å²) in [6.07, 6.45) is 1.98. The highest BCUT2D eigenvalue weighted by Gasteiger charge is 2.29. The molecule has 0 aliphatic rings. The van der Waals surface area contributed by atoms with Gasteiger partial charge >= 0.3 is 0 Å². The molecule has 0 radical (unpaired) electrons. The smallest absolute Gasteiger partial charge is 0.239 e. The van der Waals surface area contributed by atoms with Gasteiger partial charge in [0.15, 0.2) is 0 Å². The minimum Gasteiger partial charge on any atom is -0.493 e. The monoisotopic (exact) mass is 456 g/mol. The van der Waals surface area contributed by atoms with Crippen LogP contribution in [0.1, 0.15) is 30.9 Å². The van der Waals surface area contributed by atoms with E-state index in [1.165, 1.54) is 0 Å². The Kier molecular flexibility index (Phi) is 7.03. The van der Waals surface area contributed by atoms with Crippen LogP contribution in [-0.2, 0) is 27.7 Å². The summed E-state index contributed by atoms with van der Waals surface area (Å²) in [6.45, 7) is 5.76. The van der Waals surface area contributed by atoms with E-state index in [9.17, 15) is 13.2 Å². The normalized spacial score (nSPS) is 11.9. The number of carbonyl (C=O) groups excluding carboxylic acids is 1. The average molecular weight is 457 g/mol. The van der Waals surface area contributed by atoms with Crippen LogP contribution in [0.25, 0.3) is 11.5 Å². The fraction of sp³-hybridized carbons (Fsp3) is 0.333. The Balaban J connectivity index is 1.54. The van der Waals surface area contributed by atoms with Crippen LogP contribution < -0.4 is 9.46 Å². The van der Waals surface area contributed by atoms with Gasteiger partial charge in [0, 0.05) is 17.4 Å². The third-order valence-electron chi connectivity index (χ3n) is 4.98. The molecule has 1 N–H and O–H groups in total. The second kappa shape index (κ2) is 9.56. The van der Waals surface area contributed by atoms with Gasteiger partial charge in [0.25, 0.3) is 0 Å². The first kappa shape index (κ1) is 23.5. The van der Waals surface area contributed by atoms with E-state index in [1.807, 2.05) is 66.2 Å². The van der Waals surface area contributed by atoms with Crippen LogP contribution in [-0.4, -0.2) is 32.2 Å². The summed E-state index contributed by atoms with van der Waals surface area (Å²) < 4.78 is 36.3. The van der Waals surface area contributed by atoms with E-state index in [4.69, 9.17) is 9.15 Å². The van der Waals surface area contributed by atoms with Gasteiger partial charge in [0.05, 0.1) is 18.6 Å². The minimum absolute atomic E-state index is 0.398. The lowest BCUT2D eigenvalue weighted by atomic mass is 9.85. The number of oxazole rings is 1. The standard InChI is InChI=1S/C24H28N2O5S/c1-17-21(25-22(31-17)19-8-6-5-7-9-19)14-15-30-20-12-10-18(11-13-20)16-24(2,3)23(27)26-32(4,28)29/h5-13H,14-16H2,1-4H3,(H,26,27). The molecule has 3 aromatic rings. The van der Waals surface area contributed by atoms with E-state index < -0.39 is 21.3 Å². The lowest BCUT2D eigenvalue weighted by molar-refractivity contribution is -0.127. The van der Waals surface area contributed by atoms with Crippen molar-refractivity contribution in [2.75, 3.05) is 12.9 Å². The van der Waals surface area contributed by atoms with Gasteiger partial charge in [-0.15, -0.1) is 0 Å². The van der Waals surface area contributed by atoms with Crippen LogP contribution in [0.15, 0.2) is 59.0 Å². The van der Waals surface area contributed by atoms with E-state index in [2.05, 4.69) is 4.98 Å². The second-order valence-electron chi connectivity index (χ2n) is 8.39. The lowest BCUT2D eigenvalue weighted by Gasteiger charge is -2.23. The van der Waals surface area contributed by atoms with Gasteiger partial charge in [0.2, 0.25) is 21.8 Å². The third kappa shape index (κ3) is 6.43. The predicted molar refractivity (Wildman–Crippen MR) is 123 cm³/mol. The molecule has 3 rings (SSSR count). The number of benzene rings is 2. The number of aromatic nitrogens is 1. The van der Waals surface area contributed by atoms with Crippen LogP contribution >= 0.6 is 0 Å². The molecule has 0 saturated heterocycles. The molecule has 1 amide bonds. The molecule has 2 aromatic carbocycles. The highest BCUT2D eigenvalue weighted by molar-refractivity contribution is 7.89. The Morgan fingerprint density at radius 1 is 1.09 bits per heavy atom. The zero-order valence-electron chi connectivity index (χ0n) is 18.7. The fourth-order valence-corrected chi connectivity index (χ4v) is 3.84. The maximum atomic E-state index is 12.2. The number of nitrogens with zero attached hydrogens (tertiary/aromatic N) is 1. The number of hydrogen-bond donors (Lipinski definition) is 1. The maximum absolute atomic E-state index is 12.2. The van der Waals surface area contributed by atoms with Crippen molar-refractivity contribution in [1.29, 1.82) is 0 Å². The van der Waals surface area contributed by atoms with Gasteiger partial charge in [-0.3, -0.25) is 9.52 Å². The van der Waals surface area contributed by atoms with Gasteiger partial charge in [-0.25, -0.2) is 13.4 Å². The zero-order valence-corrected chi connectivity index (χ0v) is 19.5. The van der Waals surface area contributed by atoms with Crippen molar-refractivity contribution in [3.63, 3.8) is 0 Å². The summed E-state index contributed by atoms with van der Waals surface area (Å²) in [7, 11) is -3.59. The molecule has 0 fully saturated rings. The number of nitrogens with one attached hydrogen (secondary N) is 1. The average Bonchev–Trinajstić information content (AvgIpc) is 3.09. The lowest BCUT2D eigenvalue weighted by Crippen LogP contribution is -2.41. The molecule has 1 heterocycles. The molecule has 170 valence electrons. The molecule has 0 aliphatic heterocycles. The number of hydrogen-bond acceptors (Lipinski definition) is 6. The fourth-order valence-electron chi connectivity index (χ4n) is 3.23. The molecule has 0 spiro atoms. The minimum atomic E-state index is -3.59. The summed E-state index contributed by atoms with van der Waals surface area (Å²) in [6, 6.07) is 17.2. The molecule has 0 unspecified atom stereocenters. The van der Waals surface area contributed by atoms with E-state index >= 15 is 0 Å². The second-order valence-corrected chi connectivity index (χ2v) is 10.1.